The maximum Gasteiger partial charge on any atom is 0.254 e. The second-order valence-electron chi connectivity index (χ2n) is 5.82. The highest BCUT2D eigenvalue weighted by atomic mass is 16.5. The number of anilines is 1. The fourth-order valence-electron chi connectivity index (χ4n) is 2.42. The van der Waals surface area contributed by atoms with Crippen LogP contribution in [-0.2, 0) is 13.0 Å². The molecule has 1 aromatic carbocycles. The van der Waals surface area contributed by atoms with Crippen LogP contribution >= 0.6 is 0 Å². The molecule has 27 heavy (non-hydrogen) atoms. The molecule has 0 saturated carbocycles. The van der Waals surface area contributed by atoms with Gasteiger partial charge in [-0.1, -0.05) is 18.2 Å². The average Bonchev–Trinajstić information content (AvgIpc) is 2.74. The van der Waals surface area contributed by atoms with Gasteiger partial charge < -0.3 is 15.4 Å². The Labute approximate surface area is 157 Å². The van der Waals surface area contributed by atoms with Crippen molar-refractivity contribution in [2.45, 2.75) is 13.0 Å². The van der Waals surface area contributed by atoms with Crippen molar-refractivity contribution in [2.24, 2.45) is 0 Å². The van der Waals surface area contributed by atoms with Crippen molar-refractivity contribution in [3.05, 3.63) is 77.9 Å². The minimum absolute atomic E-state index is 0.195. The topological polar surface area (TPSA) is 89.0 Å². The summed E-state index contributed by atoms with van der Waals surface area (Å²) in [5.41, 5.74) is 2.44. The standard InChI is InChI=1S/C20H21N5O2/c1-27-18-7-5-15(6-8-18)9-11-22-19(26)16-12-23-20(24-13-16)25-14-17-4-2-3-10-21-17/h2-8,10,12-13H,9,11,14H2,1H3,(H,22,26)(H,23,24,25). The predicted octanol–water partition coefficient (Wildman–Crippen LogP) is 2.46. The third kappa shape index (κ3) is 5.50. The number of hydrogen-bond donors (Lipinski definition) is 2. The highest BCUT2D eigenvalue weighted by molar-refractivity contribution is 5.93. The molecule has 2 heterocycles. The summed E-state index contributed by atoms with van der Waals surface area (Å²) in [4.78, 5) is 24.8. The number of amides is 1. The minimum atomic E-state index is -0.195. The quantitative estimate of drug-likeness (QED) is 0.639. The molecule has 0 spiro atoms. The number of hydrogen-bond acceptors (Lipinski definition) is 6. The van der Waals surface area contributed by atoms with Gasteiger partial charge in [-0.05, 0) is 36.2 Å². The predicted molar refractivity (Wildman–Crippen MR) is 103 cm³/mol. The molecule has 138 valence electrons. The number of nitrogens with one attached hydrogen (secondary N) is 2. The number of aromatic nitrogens is 3. The summed E-state index contributed by atoms with van der Waals surface area (Å²) >= 11 is 0. The van der Waals surface area contributed by atoms with Gasteiger partial charge in [-0.15, -0.1) is 0 Å². The van der Waals surface area contributed by atoms with Crippen molar-refractivity contribution < 1.29 is 9.53 Å². The van der Waals surface area contributed by atoms with Gasteiger partial charge in [0.05, 0.1) is 24.9 Å². The van der Waals surface area contributed by atoms with Crippen LogP contribution in [0.3, 0.4) is 0 Å². The van der Waals surface area contributed by atoms with Gasteiger partial charge in [-0.3, -0.25) is 9.78 Å². The molecular weight excluding hydrogens is 342 g/mol. The molecule has 0 unspecified atom stereocenters. The molecule has 1 amide bonds. The summed E-state index contributed by atoms with van der Waals surface area (Å²) in [6.07, 6.45) is 5.49. The van der Waals surface area contributed by atoms with E-state index in [1.54, 1.807) is 13.3 Å². The second kappa shape index (κ2) is 9.28. The lowest BCUT2D eigenvalue weighted by atomic mass is 10.1. The van der Waals surface area contributed by atoms with Crippen molar-refractivity contribution in [2.75, 3.05) is 19.0 Å². The Kier molecular flexibility index (Phi) is 6.30. The van der Waals surface area contributed by atoms with Gasteiger partial charge >= 0.3 is 0 Å². The Bertz CT molecular complexity index is 852. The van der Waals surface area contributed by atoms with E-state index in [0.29, 0.717) is 24.6 Å². The third-order valence-electron chi connectivity index (χ3n) is 3.93. The highest BCUT2D eigenvalue weighted by Gasteiger charge is 2.07. The van der Waals surface area contributed by atoms with E-state index in [9.17, 15) is 4.79 Å². The van der Waals surface area contributed by atoms with E-state index >= 15 is 0 Å². The van der Waals surface area contributed by atoms with Gasteiger partial charge in [0.1, 0.15) is 5.75 Å². The zero-order chi connectivity index (χ0) is 18.9. The maximum atomic E-state index is 12.2. The average molecular weight is 363 g/mol. The number of methoxy groups -OCH3 is 1. The Morgan fingerprint density at radius 2 is 1.81 bits per heavy atom. The Balaban J connectivity index is 1.45. The van der Waals surface area contributed by atoms with Crippen molar-refractivity contribution in [1.82, 2.24) is 20.3 Å². The Hall–Kier alpha value is -3.48. The summed E-state index contributed by atoms with van der Waals surface area (Å²) in [5.74, 6) is 1.08. The summed E-state index contributed by atoms with van der Waals surface area (Å²) in [5, 5.41) is 5.95. The van der Waals surface area contributed by atoms with Gasteiger partial charge in [0.2, 0.25) is 5.95 Å². The van der Waals surface area contributed by atoms with E-state index in [1.165, 1.54) is 12.4 Å². The number of carbonyl (C=O) groups excluding carboxylic acids is 1. The van der Waals surface area contributed by atoms with Crippen molar-refractivity contribution in [1.29, 1.82) is 0 Å². The smallest absolute Gasteiger partial charge is 0.254 e. The number of pyridine rings is 1. The van der Waals surface area contributed by atoms with E-state index in [1.807, 2.05) is 42.5 Å². The van der Waals surface area contributed by atoms with E-state index in [2.05, 4.69) is 25.6 Å². The largest absolute Gasteiger partial charge is 0.497 e. The van der Waals surface area contributed by atoms with Crippen LogP contribution in [0.4, 0.5) is 5.95 Å². The molecule has 7 heteroatoms. The van der Waals surface area contributed by atoms with Crippen LogP contribution in [0.5, 0.6) is 5.75 Å². The number of ether oxygens (including phenoxy) is 1. The van der Waals surface area contributed by atoms with Crippen LogP contribution in [-0.4, -0.2) is 34.5 Å². The molecule has 0 radical (unpaired) electrons. The first-order chi connectivity index (χ1) is 13.2. The molecular formula is C20H21N5O2. The van der Waals surface area contributed by atoms with Gasteiger partial charge in [-0.25, -0.2) is 9.97 Å². The van der Waals surface area contributed by atoms with E-state index in [0.717, 1.165) is 23.4 Å². The molecule has 3 aromatic rings. The fraction of sp³-hybridized carbons (Fsp3) is 0.200. The third-order valence-corrected chi connectivity index (χ3v) is 3.93. The highest BCUT2D eigenvalue weighted by Crippen LogP contribution is 2.11. The summed E-state index contributed by atoms with van der Waals surface area (Å²) in [6.45, 7) is 1.05. The number of carbonyl (C=O) groups is 1. The maximum absolute atomic E-state index is 12.2. The number of rotatable bonds is 8. The molecule has 7 nitrogen and oxygen atoms in total. The molecule has 0 fully saturated rings. The van der Waals surface area contributed by atoms with Crippen LogP contribution in [0.2, 0.25) is 0 Å². The van der Waals surface area contributed by atoms with Gasteiger partial charge in [-0.2, -0.15) is 0 Å². The lowest BCUT2D eigenvalue weighted by Gasteiger charge is -2.07. The Morgan fingerprint density at radius 3 is 2.48 bits per heavy atom. The first-order valence-electron chi connectivity index (χ1n) is 8.61. The van der Waals surface area contributed by atoms with Gasteiger partial charge in [0, 0.05) is 25.1 Å². The summed E-state index contributed by atoms with van der Waals surface area (Å²) in [6, 6.07) is 13.5. The van der Waals surface area contributed by atoms with Crippen LogP contribution in [0.1, 0.15) is 21.6 Å². The van der Waals surface area contributed by atoms with Crippen LogP contribution in [0.25, 0.3) is 0 Å². The number of benzene rings is 1. The van der Waals surface area contributed by atoms with Gasteiger partial charge in [0.15, 0.2) is 0 Å². The first-order valence-corrected chi connectivity index (χ1v) is 8.61. The summed E-state index contributed by atoms with van der Waals surface area (Å²) < 4.78 is 5.13. The monoisotopic (exact) mass is 363 g/mol. The van der Waals surface area contributed by atoms with Crippen LogP contribution < -0.4 is 15.4 Å². The first kappa shape index (κ1) is 18.3. The molecule has 0 saturated heterocycles. The van der Waals surface area contributed by atoms with Crippen LogP contribution in [0, 0.1) is 0 Å². The summed E-state index contributed by atoms with van der Waals surface area (Å²) in [7, 11) is 1.64. The molecule has 3 rings (SSSR count). The molecule has 0 aliphatic heterocycles. The normalized spacial score (nSPS) is 10.3. The molecule has 2 aromatic heterocycles. The molecule has 2 N–H and O–H groups in total. The zero-order valence-electron chi connectivity index (χ0n) is 15.1. The van der Waals surface area contributed by atoms with Crippen molar-refractivity contribution in [3.8, 4) is 5.75 Å². The molecule has 0 aliphatic rings. The molecule has 0 atom stereocenters. The van der Waals surface area contributed by atoms with Gasteiger partial charge in [0.25, 0.3) is 5.91 Å². The molecule has 0 bridgehead atoms. The lowest BCUT2D eigenvalue weighted by Crippen LogP contribution is -2.26. The van der Waals surface area contributed by atoms with Crippen molar-refractivity contribution >= 4 is 11.9 Å². The lowest BCUT2D eigenvalue weighted by molar-refractivity contribution is 0.0953. The van der Waals surface area contributed by atoms with Crippen molar-refractivity contribution in [3.63, 3.8) is 0 Å². The van der Waals surface area contributed by atoms with E-state index in [4.69, 9.17) is 4.74 Å². The minimum Gasteiger partial charge on any atom is -0.497 e. The van der Waals surface area contributed by atoms with E-state index < -0.39 is 0 Å². The molecule has 0 aliphatic carbocycles. The number of nitrogens with zero attached hydrogens (tertiary/aromatic N) is 3. The Morgan fingerprint density at radius 1 is 1.04 bits per heavy atom. The second-order valence-corrected chi connectivity index (χ2v) is 5.82. The zero-order valence-corrected chi connectivity index (χ0v) is 15.1. The van der Waals surface area contributed by atoms with E-state index in [-0.39, 0.29) is 5.91 Å². The van der Waals surface area contributed by atoms with Crippen LogP contribution in [0.15, 0.2) is 61.1 Å². The fourth-order valence-corrected chi connectivity index (χ4v) is 2.42. The SMILES string of the molecule is COc1ccc(CCNC(=O)c2cnc(NCc3ccccn3)nc2)cc1.